The number of carbonyl (C=O) groups excluding carboxylic acids is 1. The fourth-order valence-electron chi connectivity index (χ4n) is 2.61. The molecule has 3 aromatic rings. The molecular formula is C17H17N3O2. The molecule has 0 aliphatic heterocycles. The van der Waals surface area contributed by atoms with Crippen molar-refractivity contribution >= 4 is 11.6 Å². The van der Waals surface area contributed by atoms with Crippen molar-refractivity contribution in [3.8, 4) is 5.88 Å². The third-order valence-electron chi connectivity index (χ3n) is 3.73. The van der Waals surface area contributed by atoms with Gasteiger partial charge in [-0.3, -0.25) is 9.20 Å². The topological polar surface area (TPSA) is 56.5 Å². The van der Waals surface area contributed by atoms with Gasteiger partial charge in [0.25, 0.3) is 0 Å². The molecule has 0 N–H and O–H groups in total. The molecule has 3 rings (SSSR count). The van der Waals surface area contributed by atoms with E-state index < -0.39 is 0 Å². The van der Waals surface area contributed by atoms with Gasteiger partial charge in [0.1, 0.15) is 5.69 Å². The van der Waals surface area contributed by atoms with Crippen LogP contribution in [0.25, 0.3) is 5.78 Å². The maximum Gasteiger partial charge on any atom is 0.238 e. The molecule has 112 valence electrons. The van der Waals surface area contributed by atoms with Crippen molar-refractivity contribution < 1.29 is 9.53 Å². The highest BCUT2D eigenvalue weighted by atomic mass is 16.5. The Kier molecular flexibility index (Phi) is 3.63. The maximum absolute atomic E-state index is 12.5. The molecule has 5 nitrogen and oxygen atoms in total. The zero-order valence-corrected chi connectivity index (χ0v) is 12.8. The van der Waals surface area contributed by atoms with Crippen LogP contribution in [-0.2, 0) is 6.42 Å². The number of fused-ring (bicyclic) bond motifs is 1. The van der Waals surface area contributed by atoms with Gasteiger partial charge in [0.05, 0.1) is 7.11 Å². The van der Waals surface area contributed by atoms with Crippen LogP contribution in [0.1, 0.15) is 34.2 Å². The number of ketones is 1. The molecule has 2 aromatic heterocycles. The molecule has 22 heavy (non-hydrogen) atoms. The zero-order valence-electron chi connectivity index (χ0n) is 12.8. The van der Waals surface area contributed by atoms with E-state index >= 15 is 0 Å². The van der Waals surface area contributed by atoms with Crippen LogP contribution in [0.2, 0.25) is 0 Å². The number of methoxy groups -OCH3 is 1. The standard InChI is InChI=1S/C17H17N3O2/c1-4-14-11(2)16(22-3)19-17-18-13(10-20(14)17)15(21)12-8-6-5-7-9-12/h5-10H,4H2,1-3H3. The normalized spacial score (nSPS) is 10.9. The van der Waals surface area contributed by atoms with Crippen LogP contribution in [0.3, 0.4) is 0 Å². The van der Waals surface area contributed by atoms with Crippen molar-refractivity contribution in [3.05, 3.63) is 59.0 Å². The predicted molar refractivity (Wildman–Crippen MR) is 83.5 cm³/mol. The van der Waals surface area contributed by atoms with Gasteiger partial charge in [0.2, 0.25) is 17.4 Å². The summed E-state index contributed by atoms with van der Waals surface area (Å²) in [7, 11) is 1.59. The fraction of sp³-hybridized carbons (Fsp3) is 0.235. The SMILES string of the molecule is CCc1c(C)c(OC)nc2nc(C(=O)c3ccccc3)cn12. The van der Waals surface area contributed by atoms with Gasteiger partial charge >= 0.3 is 0 Å². The van der Waals surface area contributed by atoms with Crippen molar-refractivity contribution in [2.45, 2.75) is 20.3 Å². The van der Waals surface area contributed by atoms with Crippen molar-refractivity contribution in [2.75, 3.05) is 7.11 Å². The Morgan fingerprint density at radius 3 is 2.59 bits per heavy atom. The highest BCUT2D eigenvalue weighted by Gasteiger charge is 2.17. The quantitative estimate of drug-likeness (QED) is 0.694. The maximum atomic E-state index is 12.5. The lowest BCUT2D eigenvalue weighted by Gasteiger charge is -2.10. The molecule has 1 aromatic carbocycles. The number of rotatable bonds is 4. The Morgan fingerprint density at radius 1 is 1.23 bits per heavy atom. The van der Waals surface area contributed by atoms with E-state index in [0.717, 1.165) is 17.7 Å². The number of nitrogens with zero attached hydrogens (tertiary/aromatic N) is 3. The van der Waals surface area contributed by atoms with Crippen LogP contribution < -0.4 is 4.74 Å². The lowest BCUT2D eigenvalue weighted by atomic mass is 10.1. The van der Waals surface area contributed by atoms with E-state index in [2.05, 4.69) is 16.9 Å². The molecule has 0 fully saturated rings. The van der Waals surface area contributed by atoms with Crippen LogP contribution in [-0.4, -0.2) is 27.3 Å². The molecular weight excluding hydrogens is 278 g/mol. The van der Waals surface area contributed by atoms with Gasteiger partial charge in [-0.05, 0) is 13.3 Å². The summed E-state index contributed by atoms with van der Waals surface area (Å²) in [5, 5.41) is 0. The summed E-state index contributed by atoms with van der Waals surface area (Å²) in [6, 6.07) is 9.13. The molecule has 0 amide bonds. The summed E-state index contributed by atoms with van der Waals surface area (Å²) in [5.41, 5.74) is 3.02. The lowest BCUT2D eigenvalue weighted by Crippen LogP contribution is -2.03. The molecule has 0 atom stereocenters. The number of imidazole rings is 1. The van der Waals surface area contributed by atoms with Crippen LogP contribution in [0.15, 0.2) is 36.5 Å². The number of aryl methyl sites for hydroxylation is 1. The fourth-order valence-corrected chi connectivity index (χ4v) is 2.61. The Morgan fingerprint density at radius 2 is 1.95 bits per heavy atom. The van der Waals surface area contributed by atoms with Crippen LogP contribution in [0, 0.1) is 6.92 Å². The summed E-state index contributed by atoms with van der Waals surface area (Å²) in [6.45, 7) is 4.02. The summed E-state index contributed by atoms with van der Waals surface area (Å²) < 4.78 is 7.17. The highest BCUT2D eigenvalue weighted by Crippen LogP contribution is 2.22. The molecule has 0 aliphatic carbocycles. The molecule has 0 radical (unpaired) electrons. The van der Waals surface area contributed by atoms with Gasteiger partial charge in [0, 0.05) is 23.0 Å². The van der Waals surface area contributed by atoms with E-state index in [-0.39, 0.29) is 5.78 Å². The van der Waals surface area contributed by atoms with Crippen LogP contribution in [0.5, 0.6) is 5.88 Å². The number of aromatic nitrogens is 3. The van der Waals surface area contributed by atoms with E-state index in [9.17, 15) is 4.79 Å². The van der Waals surface area contributed by atoms with Crippen molar-refractivity contribution in [1.29, 1.82) is 0 Å². The monoisotopic (exact) mass is 295 g/mol. The Labute approximate surface area is 128 Å². The number of benzene rings is 1. The van der Waals surface area contributed by atoms with Gasteiger partial charge in [-0.2, -0.15) is 4.98 Å². The van der Waals surface area contributed by atoms with Crippen LogP contribution in [0.4, 0.5) is 0 Å². The Bertz CT molecular complexity index is 838. The summed E-state index contributed by atoms with van der Waals surface area (Å²) >= 11 is 0. The number of hydrogen-bond donors (Lipinski definition) is 0. The first kappa shape index (κ1) is 14.3. The average molecular weight is 295 g/mol. The molecule has 0 aliphatic rings. The minimum absolute atomic E-state index is 0.107. The molecule has 0 saturated carbocycles. The van der Waals surface area contributed by atoms with Gasteiger partial charge in [-0.1, -0.05) is 37.3 Å². The van der Waals surface area contributed by atoms with E-state index in [4.69, 9.17) is 4.74 Å². The second-order valence-electron chi connectivity index (χ2n) is 5.04. The predicted octanol–water partition coefficient (Wildman–Crippen LogP) is 2.84. The van der Waals surface area contributed by atoms with Crippen molar-refractivity contribution in [3.63, 3.8) is 0 Å². The van der Waals surface area contributed by atoms with E-state index in [1.807, 2.05) is 29.5 Å². The van der Waals surface area contributed by atoms with Gasteiger partial charge < -0.3 is 4.74 Å². The minimum Gasteiger partial charge on any atom is -0.481 e. The Balaban J connectivity index is 2.16. The first-order chi connectivity index (χ1) is 10.7. The van der Waals surface area contributed by atoms with Crippen molar-refractivity contribution in [2.24, 2.45) is 0 Å². The lowest BCUT2D eigenvalue weighted by molar-refractivity contribution is 0.103. The number of hydrogen-bond acceptors (Lipinski definition) is 4. The highest BCUT2D eigenvalue weighted by molar-refractivity contribution is 6.07. The summed E-state index contributed by atoms with van der Waals surface area (Å²) in [6.07, 6.45) is 2.56. The van der Waals surface area contributed by atoms with Gasteiger partial charge in [-0.25, -0.2) is 4.98 Å². The largest absolute Gasteiger partial charge is 0.481 e. The smallest absolute Gasteiger partial charge is 0.238 e. The van der Waals surface area contributed by atoms with E-state index in [1.165, 1.54) is 0 Å². The third-order valence-corrected chi connectivity index (χ3v) is 3.73. The van der Waals surface area contributed by atoms with Crippen molar-refractivity contribution in [1.82, 2.24) is 14.4 Å². The van der Waals surface area contributed by atoms with Crippen LogP contribution >= 0.6 is 0 Å². The molecule has 0 spiro atoms. The summed E-state index contributed by atoms with van der Waals surface area (Å²) in [5.74, 6) is 0.928. The Hall–Kier alpha value is -2.69. The van der Waals surface area contributed by atoms with E-state index in [0.29, 0.717) is 22.9 Å². The molecule has 0 saturated heterocycles. The minimum atomic E-state index is -0.107. The summed E-state index contributed by atoms with van der Waals surface area (Å²) in [4.78, 5) is 21.3. The average Bonchev–Trinajstić information content (AvgIpc) is 2.98. The number of carbonyl (C=O) groups is 1. The first-order valence-corrected chi connectivity index (χ1v) is 7.18. The van der Waals surface area contributed by atoms with Gasteiger partial charge in [-0.15, -0.1) is 0 Å². The third kappa shape index (κ3) is 2.24. The second kappa shape index (κ2) is 5.60. The molecule has 2 heterocycles. The van der Waals surface area contributed by atoms with E-state index in [1.54, 1.807) is 25.4 Å². The van der Waals surface area contributed by atoms with Gasteiger partial charge in [0.15, 0.2) is 0 Å². The number of ether oxygens (including phenoxy) is 1. The molecule has 0 unspecified atom stereocenters. The first-order valence-electron chi connectivity index (χ1n) is 7.18. The second-order valence-corrected chi connectivity index (χ2v) is 5.04. The molecule has 5 heteroatoms. The zero-order chi connectivity index (χ0) is 15.7. The molecule has 0 bridgehead atoms.